The fraction of sp³-hybridized carbons (Fsp3) is 0.588. The molecule has 1 fully saturated rings. The highest BCUT2D eigenvalue weighted by Gasteiger charge is 2.25. The van der Waals surface area contributed by atoms with E-state index < -0.39 is 0 Å². The third-order valence-electron chi connectivity index (χ3n) is 4.18. The summed E-state index contributed by atoms with van der Waals surface area (Å²) in [4.78, 5) is 14.3. The van der Waals surface area contributed by atoms with Gasteiger partial charge in [0.25, 0.3) is 0 Å². The van der Waals surface area contributed by atoms with Crippen LogP contribution in [0.1, 0.15) is 42.6 Å². The van der Waals surface area contributed by atoms with Gasteiger partial charge in [0.1, 0.15) is 0 Å². The Morgan fingerprint density at radius 1 is 1.35 bits per heavy atom. The standard InChI is InChI=1S/C17H25NO2/c1-3-4-14-5-7-15(8-6-14)17(20)12-18-10-9-13(2)16(19)11-18/h5-8,13,16,19H,3-4,9-12H2,1-2H3. The molecule has 20 heavy (non-hydrogen) atoms. The van der Waals surface area contributed by atoms with Crippen molar-refractivity contribution >= 4 is 5.78 Å². The Hall–Kier alpha value is -1.19. The maximum absolute atomic E-state index is 12.2. The highest BCUT2D eigenvalue weighted by Crippen LogP contribution is 2.17. The van der Waals surface area contributed by atoms with Crippen LogP contribution in [-0.2, 0) is 6.42 Å². The maximum atomic E-state index is 12.2. The second-order valence-electron chi connectivity index (χ2n) is 5.94. The summed E-state index contributed by atoms with van der Waals surface area (Å²) in [6.45, 7) is 6.15. The Bertz CT molecular complexity index is 441. The normalized spacial score (nSPS) is 23.8. The minimum absolute atomic E-state index is 0.148. The van der Waals surface area contributed by atoms with Crippen LogP contribution in [0.2, 0.25) is 0 Å². The molecule has 2 unspecified atom stereocenters. The summed E-state index contributed by atoms with van der Waals surface area (Å²) in [6.07, 6.45) is 2.84. The van der Waals surface area contributed by atoms with Gasteiger partial charge in [0.05, 0.1) is 12.6 Å². The van der Waals surface area contributed by atoms with Crippen LogP contribution in [0, 0.1) is 5.92 Å². The molecule has 2 rings (SSSR count). The number of benzene rings is 1. The van der Waals surface area contributed by atoms with E-state index in [9.17, 15) is 9.90 Å². The lowest BCUT2D eigenvalue weighted by molar-refractivity contribution is 0.0295. The van der Waals surface area contributed by atoms with Gasteiger partial charge in [-0.05, 0) is 30.9 Å². The van der Waals surface area contributed by atoms with Gasteiger partial charge in [-0.2, -0.15) is 0 Å². The number of nitrogens with zero attached hydrogens (tertiary/aromatic N) is 1. The zero-order valence-corrected chi connectivity index (χ0v) is 12.5. The van der Waals surface area contributed by atoms with Gasteiger partial charge in [-0.1, -0.05) is 44.5 Å². The number of Topliss-reactive ketones (excluding diaryl/α,β-unsaturated/α-hetero) is 1. The summed E-state index contributed by atoms with van der Waals surface area (Å²) in [7, 11) is 0. The van der Waals surface area contributed by atoms with Crippen LogP contribution in [0.15, 0.2) is 24.3 Å². The Balaban J connectivity index is 1.91. The van der Waals surface area contributed by atoms with Crippen molar-refractivity contribution in [3.05, 3.63) is 35.4 Å². The van der Waals surface area contributed by atoms with Crippen LogP contribution in [0.25, 0.3) is 0 Å². The lowest BCUT2D eigenvalue weighted by Gasteiger charge is -2.33. The lowest BCUT2D eigenvalue weighted by Crippen LogP contribution is -2.44. The first-order valence-electron chi connectivity index (χ1n) is 7.62. The zero-order chi connectivity index (χ0) is 14.5. The maximum Gasteiger partial charge on any atom is 0.176 e. The number of aliphatic hydroxyl groups excluding tert-OH is 1. The molecule has 1 aromatic carbocycles. The summed E-state index contributed by atoms with van der Waals surface area (Å²) in [5.74, 6) is 0.490. The van der Waals surface area contributed by atoms with E-state index in [2.05, 4.69) is 18.7 Å². The molecule has 1 N–H and O–H groups in total. The minimum Gasteiger partial charge on any atom is -0.392 e. The van der Waals surface area contributed by atoms with Gasteiger partial charge in [0, 0.05) is 12.1 Å². The van der Waals surface area contributed by atoms with Gasteiger partial charge in [0.15, 0.2) is 5.78 Å². The van der Waals surface area contributed by atoms with E-state index in [0.29, 0.717) is 19.0 Å². The van der Waals surface area contributed by atoms with Crippen molar-refractivity contribution in [2.24, 2.45) is 5.92 Å². The highest BCUT2D eigenvalue weighted by molar-refractivity contribution is 5.97. The second-order valence-corrected chi connectivity index (χ2v) is 5.94. The molecule has 1 aromatic rings. The number of likely N-dealkylation sites (tertiary alicyclic amines) is 1. The third-order valence-corrected chi connectivity index (χ3v) is 4.18. The molecule has 0 saturated carbocycles. The average molecular weight is 275 g/mol. The number of piperidine rings is 1. The van der Waals surface area contributed by atoms with E-state index in [1.54, 1.807) is 0 Å². The van der Waals surface area contributed by atoms with Crippen molar-refractivity contribution in [2.75, 3.05) is 19.6 Å². The number of aryl methyl sites for hydroxylation is 1. The number of β-amino-alcohol motifs (C(OH)–C–C–N with tert-alkyl or cyclic N) is 1. The van der Waals surface area contributed by atoms with Crippen LogP contribution in [0.4, 0.5) is 0 Å². The van der Waals surface area contributed by atoms with Crippen LogP contribution in [0.3, 0.4) is 0 Å². The zero-order valence-electron chi connectivity index (χ0n) is 12.5. The first kappa shape index (κ1) is 15.2. The fourth-order valence-electron chi connectivity index (χ4n) is 2.70. The van der Waals surface area contributed by atoms with E-state index in [-0.39, 0.29) is 11.9 Å². The molecule has 3 heteroatoms. The Morgan fingerprint density at radius 2 is 2.05 bits per heavy atom. The number of carbonyl (C=O) groups excluding carboxylic acids is 1. The van der Waals surface area contributed by atoms with Gasteiger partial charge < -0.3 is 5.11 Å². The molecule has 1 aliphatic heterocycles. The number of hydrogen-bond acceptors (Lipinski definition) is 3. The largest absolute Gasteiger partial charge is 0.392 e. The minimum atomic E-state index is -0.302. The number of carbonyl (C=O) groups is 1. The van der Waals surface area contributed by atoms with Crippen LogP contribution in [-0.4, -0.2) is 41.5 Å². The van der Waals surface area contributed by atoms with E-state index in [1.807, 2.05) is 24.3 Å². The molecular weight excluding hydrogens is 250 g/mol. The molecule has 0 radical (unpaired) electrons. The summed E-state index contributed by atoms with van der Waals surface area (Å²) in [6, 6.07) is 7.94. The molecular formula is C17H25NO2. The first-order valence-corrected chi connectivity index (χ1v) is 7.62. The highest BCUT2D eigenvalue weighted by atomic mass is 16.3. The molecule has 0 aromatic heterocycles. The quantitative estimate of drug-likeness (QED) is 0.840. The summed E-state index contributed by atoms with van der Waals surface area (Å²) < 4.78 is 0. The van der Waals surface area contributed by atoms with Crippen molar-refractivity contribution in [3.8, 4) is 0 Å². The molecule has 0 bridgehead atoms. The SMILES string of the molecule is CCCc1ccc(C(=O)CN2CCC(C)C(O)C2)cc1. The fourth-order valence-corrected chi connectivity index (χ4v) is 2.70. The Morgan fingerprint density at radius 3 is 2.65 bits per heavy atom. The number of rotatable bonds is 5. The van der Waals surface area contributed by atoms with Crippen molar-refractivity contribution in [3.63, 3.8) is 0 Å². The Labute approximate surface area is 121 Å². The van der Waals surface area contributed by atoms with Crippen molar-refractivity contribution < 1.29 is 9.90 Å². The van der Waals surface area contributed by atoms with E-state index in [1.165, 1.54) is 5.56 Å². The molecule has 2 atom stereocenters. The topological polar surface area (TPSA) is 40.5 Å². The summed E-state index contributed by atoms with van der Waals surface area (Å²) >= 11 is 0. The van der Waals surface area contributed by atoms with Gasteiger partial charge in [-0.3, -0.25) is 9.69 Å². The predicted octanol–water partition coefficient (Wildman–Crippen LogP) is 2.52. The van der Waals surface area contributed by atoms with Crippen molar-refractivity contribution in [2.45, 2.75) is 39.2 Å². The van der Waals surface area contributed by atoms with Crippen LogP contribution in [0.5, 0.6) is 0 Å². The second kappa shape index (κ2) is 7.00. The third kappa shape index (κ3) is 3.90. The van der Waals surface area contributed by atoms with E-state index in [0.717, 1.165) is 31.4 Å². The molecule has 1 aliphatic rings. The predicted molar refractivity (Wildman–Crippen MR) is 81.0 cm³/mol. The van der Waals surface area contributed by atoms with Crippen molar-refractivity contribution in [1.82, 2.24) is 4.90 Å². The lowest BCUT2D eigenvalue weighted by atomic mass is 9.95. The average Bonchev–Trinajstić information content (AvgIpc) is 2.44. The molecule has 110 valence electrons. The van der Waals surface area contributed by atoms with Crippen LogP contribution < -0.4 is 0 Å². The van der Waals surface area contributed by atoms with E-state index >= 15 is 0 Å². The van der Waals surface area contributed by atoms with Gasteiger partial charge >= 0.3 is 0 Å². The molecule has 3 nitrogen and oxygen atoms in total. The number of aliphatic hydroxyl groups is 1. The Kier molecular flexibility index (Phi) is 5.32. The molecule has 0 spiro atoms. The molecule has 1 heterocycles. The van der Waals surface area contributed by atoms with Gasteiger partial charge in [-0.25, -0.2) is 0 Å². The van der Waals surface area contributed by atoms with E-state index in [4.69, 9.17) is 0 Å². The molecule has 0 aliphatic carbocycles. The smallest absolute Gasteiger partial charge is 0.176 e. The molecule has 0 amide bonds. The van der Waals surface area contributed by atoms with Gasteiger partial charge in [0.2, 0.25) is 0 Å². The van der Waals surface area contributed by atoms with Crippen LogP contribution >= 0.6 is 0 Å². The number of hydrogen-bond donors (Lipinski definition) is 1. The van der Waals surface area contributed by atoms with Gasteiger partial charge in [-0.15, -0.1) is 0 Å². The number of ketones is 1. The summed E-state index contributed by atoms with van der Waals surface area (Å²) in [5.41, 5.74) is 2.06. The van der Waals surface area contributed by atoms with Crippen molar-refractivity contribution in [1.29, 1.82) is 0 Å². The monoisotopic (exact) mass is 275 g/mol. The first-order chi connectivity index (χ1) is 9.60. The molecule has 1 saturated heterocycles. The summed E-state index contributed by atoms with van der Waals surface area (Å²) in [5, 5.41) is 9.87.